The van der Waals surface area contributed by atoms with E-state index in [9.17, 15) is 13.2 Å². The van der Waals surface area contributed by atoms with Crippen LogP contribution >= 0.6 is 0 Å². The minimum Gasteiger partial charge on any atom is -0.478 e. The summed E-state index contributed by atoms with van der Waals surface area (Å²) in [6.07, 6.45) is 1.74. The van der Waals surface area contributed by atoms with Gasteiger partial charge < -0.3 is 16.2 Å². The van der Waals surface area contributed by atoms with Crippen molar-refractivity contribution in [2.24, 2.45) is 0 Å². The van der Waals surface area contributed by atoms with Gasteiger partial charge in [-0.15, -0.1) is 0 Å². The maximum Gasteiger partial charge on any atom is 0.337 e. The third-order valence-electron chi connectivity index (χ3n) is 2.75. The molecule has 0 bridgehead atoms. The molecule has 1 fully saturated rings. The lowest BCUT2D eigenvalue weighted by molar-refractivity contribution is 0.0698. The van der Waals surface area contributed by atoms with Gasteiger partial charge in [0.25, 0.3) is 0 Å². The topological polar surface area (TPSA) is 122 Å². The molecule has 1 aromatic rings. The van der Waals surface area contributed by atoms with Crippen LogP contribution in [0.15, 0.2) is 12.3 Å². The molecular weight excluding hydrogens is 258 g/mol. The molecule has 1 atom stereocenters. The molecule has 0 aliphatic carbocycles. The highest BCUT2D eigenvalue weighted by atomic mass is 32.2. The first-order valence-corrected chi connectivity index (χ1v) is 7.15. The fourth-order valence-electron chi connectivity index (χ4n) is 1.85. The molecule has 98 valence electrons. The molecular formula is C10H13N3O4S. The van der Waals surface area contributed by atoms with Crippen LogP contribution in [-0.2, 0) is 9.84 Å². The lowest BCUT2D eigenvalue weighted by Crippen LogP contribution is -2.21. The number of carbonyl (C=O) groups is 1. The molecule has 7 nitrogen and oxygen atoms in total. The molecule has 2 heterocycles. The van der Waals surface area contributed by atoms with Crippen molar-refractivity contribution >= 4 is 27.3 Å². The van der Waals surface area contributed by atoms with Gasteiger partial charge in [0.15, 0.2) is 9.84 Å². The number of nitrogens with zero attached hydrogens (tertiary/aromatic N) is 1. The van der Waals surface area contributed by atoms with Crippen LogP contribution in [0.4, 0.5) is 11.5 Å². The Bertz CT molecular complexity index is 585. The summed E-state index contributed by atoms with van der Waals surface area (Å²) in [5, 5.41) is 11.8. The predicted molar refractivity (Wildman–Crippen MR) is 66.3 cm³/mol. The van der Waals surface area contributed by atoms with E-state index in [-0.39, 0.29) is 28.8 Å². The number of aromatic carboxylic acids is 1. The number of nitrogen functional groups attached to an aromatic ring is 1. The second-order valence-corrected chi connectivity index (χ2v) is 6.43. The van der Waals surface area contributed by atoms with E-state index < -0.39 is 15.8 Å². The zero-order chi connectivity index (χ0) is 13.3. The van der Waals surface area contributed by atoms with E-state index in [0.717, 1.165) is 0 Å². The fourth-order valence-corrected chi connectivity index (χ4v) is 3.52. The van der Waals surface area contributed by atoms with Crippen LogP contribution in [0.25, 0.3) is 0 Å². The Kier molecular flexibility index (Phi) is 3.12. The van der Waals surface area contributed by atoms with Crippen LogP contribution < -0.4 is 11.1 Å². The van der Waals surface area contributed by atoms with Gasteiger partial charge in [-0.1, -0.05) is 0 Å². The number of anilines is 2. The van der Waals surface area contributed by atoms with Crippen LogP contribution in [-0.4, -0.2) is 42.0 Å². The second kappa shape index (κ2) is 4.45. The number of hydrogen-bond donors (Lipinski definition) is 3. The number of carboxylic acids is 1. The lowest BCUT2D eigenvalue weighted by Gasteiger charge is -2.12. The van der Waals surface area contributed by atoms with Gasteiger partial charge in [-0.3, -0.25) is 0 Å². The van der Waals surface area contributed by atoms with Gasteiger partial charge in [0.05, 0.1) is 29.0 Å². The average Bonchev–Trinajstić information content (AvgIpc) is 2.60. The first-order chi connectivity index (χ1) is 8.37. The molecule has 0 amide bonds. The van der Waals surface area contributed by atoms with Crippen LogP contribution in [0.2, 0.25) is 0 Å². The highest BCUT2D eigenvalue weighted by Gasteiger charge is 2.28. The van der Waals surface area contributed by atoms with Crippen molar-refractivity contribution in [2.45, 2.75) is 12.5 Å². The largest absolute Gasteiger partial charge is 0.478 e. The van der Waals surface area contributed by atoms with E-state index in [1.165, 1.54) is 12.3 Å². The Morgan fingerprint density at radius 2 is 2.28 bits per heavy atom. The van der Waals surface area contributed by atoms with E-state index in [1.807, 2.05) is 0 Å². The average molecular weight is 271 g/mol. The highest BCUT2D eigenvalue weighted by molar-refractivity contribution is 7.91. The van der Waals surface area contributed by atoms with Crippen molar-refractivity contribution in [2.75, 3.05) is 22.6 Å². The van der Waals surface area contributed by atoms with Crippen molar-refractivity contribution in [1.29, 1.82) is 0 Å². The first kappa shape index (κ1) is 12.6. The number of aromatic nitrogens is 1. The lowest BCUT2D eigenvalue weighted by atomic mass is 10.2. The van der Waals surface area contributed by atoms with E-state index in [0.29, 0.717) is 12.2 Å². The van der Waals surface area contributed by atoms with E-state index in [2.05, 4.69) is 10.3 Å². The molecule has 0 saturated carbocycles. The van der Waals surface area contributed by atoms with Crippen molar-refractivity contribution in [3.8, 4) is 0 Å². The predicted octanol–water partition coefficient (Wildman–Crippen LogP) is -0.0390. The van der Waals surface area contributed by atoms with E-state index in [1.54, 1.807) is 0 Å². The summed E-state index contributed by atoms with van der Waals surface area (Å²) in [6, 6.07) is 1.08. The number of carboxylic acid groups (broad SMARTS) is 1. The van der Waals surface area contributed by atoms with Crippen molar-refractivity contribution in [1.82, 2.24) is 4.98 Å². The van der Waals surface area contributed by atoms with Crippen LogP contribution in [0.3, 0.4) is 0 Å². The Labute approximate surface area is 104 Å². The normalized spacial score (nSPS) is 21.7. The number of pyridine rings is 1. The fraction of sp³-hybridized carbons (Fsp3) is 0.400. The summed E-state index contributed by atoms with van der Waals surface area (Å²) >= 11 is 0. The van der Waals surface area contributed by atoms with Crippen LogP contribution in [0, 0.1) is 0 Å². The zero-order valence-electron chi connectivity index (χ0n) is 9.46. The first-order valence-electron chi connectivity index (χ1n) is 5.33. The van der Waals surface area contributed by atoms with Crippen LogP contribution in [0.5, 0.6) is 0 Å². The standard InChI is InChI=1S/C10H13N3O4S/c11-8-4-12-9(3-7(8)10(14)15)13-6-1-2-18(16,17)5-6/h3-4,6H,1-2,5,11H2,(H,12,13)(H,14,15). The maximum atomic E-state index is 11.3. The van der Waals surface area contributed by atoms with Gasteiger partial charge in [0.2, 0.25) is 0 Å². The zero-order valence-corrected chi connectivity index (χ0v) is 10.3. The molecule has 2 rings (SSSR count). The van der Waals surface area contributed by atoms with Crippen molar-refractivity contribution in [3.05, 3.63) is 17.8 Å². The van der Waals surface area contributed by atoms with E-state index in [4.69, 9.17) is 10.8 Å². The highest BCUT2D eigenvalue weighted by Crippen LogP contribution is 2.19. The van der Waals surface area contributed by atoms with Crippen LogP contribution in [0.1, 0.15) is 16.8 Å². The number of hydrogen-bond acceptors (Lipinski definition) is 6. The third kappa shape index (κ3) is 2.70. The Balaban J connectivity index is 2.16. The smallest absolute Gasteiger partial charge is 0.337 e. The molecule has 0 radical (unpaired) electrons. The number of sulfone groups is 1. The number of rotatable bonds is 3. The van der Waals surface area contributed by atoms with Gasteiger partial charge in [-0.2, -0.15) is 0 Å². The third-order valence-corrected chi connectivity index (χ3v) is 4.52. The van der Waals surface area contributed by atoms with Gasteiger partial charge in [-0.25, -0.2) is 18.2 Å². The number of nitrogens with one attached hydrogen (secondary N) is 1. The van der Waals surface area contributed by atoms with Gasteiger partial charge in [0, 0.05) is 6.04 Å². The molecule has 1 aliphatic rings. The maximum absolute atomic E-state index is 11.3. The summed E-state index contributed by atoms with van der Waals surface area (Å²) in [5.74, 6) is -0.631. The Morgan fingerprint density at radius 1 is 1.56 bits per heavy atom. The minimum absolute atomic E-state index is 0.0431. The summed E-state index contributed by atoms with van der Waals surface area (Å²) in [5.41, 5.74) is 5.50. The van der Waals surface area contributed by atoms with Gasteiger partial charge >= 0.3 is 5.97 Å². The molecule has 8 heteroatoms. The Morgan fingerprint density at radius 3 is 2.83 bits per heavy atom. The SMILES string of the molecule is Nc1cnc(NC2CCS(=O)(=O)C2)cc1C(=O)O. The van der Waals surface area contributed by atoms with E-state index >= 15 is 0 Å². The summed E-state index contributed by atoms with van der Waals surface area (Å²) in [6.45, 7) is 0. The van der Waals surface area contributed by atoms with Crippen molar-refractivity contribution in [3.63, 3.8) is 0 Å². The quantitative estimate of drug-likeness (QED) is 0.705. The molecule has 0 aromatic carbocycles. The summed E-state index contributed by atoms with van der Waals surface area (Å²) in [7, 11) is -2.98. The van der Waals surface area contributed by atoms with Gasteiger partial charge in [-0.05, 0) is 12.5 Å². The minimum atomic E-state index is -2.98. The molecule has 1 aromatic heterocycles. The molecule has 1 saturated heterocycles. The molecule has 0 spiro atoms. The molecule has 1 aliphatic heterocycles. The second-order valence-electron chi connectivity index (χ2n) is 4.21. The monoisotopic (exact) mass is 271 g/mol. The van der Waals surface area contributed by atoms with Crippen molar-refractivity contribution < 1.29 is 18.3 Å². The van der Waals surface area contributed by atoms with Gasteiger partial charge in [0.1, 0.15) is 5.82 Å². The molecule has 1 unspecified atom stereocenters. The Hall–Kier alpha value is -1.83. The molecule has 4 N–H and O–H groups in total. The summed E-state index contributed by atoms with van der Waals surface area (Å²) < 4.78 is 22.6. The molecule has 18 heavy (non-hydrogen) atoms. The summed E-state index contributed by atoms with van der Waals surface area (Å²) in [4.78, 5) is 14.8. The number of nitrogens with two attached hydrogens (primary N) is 1.